The Bertz CT molecular complexity index is 1000. The van der Waals surface area contributed by atoms with Crippen molar-refractivity contribution in [1.82, 2.24) is 19.9 Å². The molecule has 0 spiro atoms. The van der Waals surface area contributed by atoms with Gasteiger partial charge in [-0.2, -0.15) is 0 Å². The highest BCUT2D eigenvalue weighted by molar-refractivity contribution is 6.30. The van der Waals surface area contributed by atoms with E-state index in [0.29, 0.717) is 36.5 Å². The third kappa shape index (κ3) is 4.40. The predicted octanol–water partition coefficient (Wildman–Crippen LogP) is 3.41. The number of hydrogen-bond donors (Lipinski definition) is 2. The molecule has 1 aliphatic rings. The van der Waals surface area contributed by atoms with Gasteiger partial charge in [0.25, 0.3) is 5.91 Å². The van der Waals surface area contributed by atoms with E-state index >= 15 is 0 Å². The fraction of sp³-hybridized carbons (Fsp3) is 0.333. The number of fused-ring (bicyclic) bond motifs is 1. The summed E-state index contributed by atoms with van der Waals surface area (Å²) in [5.74, 6) is -0.0903. The number of pyridine rings is 1. The molecular weight excluding hydrogens is 392 g/mol. The van der Waals surface area contributed by atoms with Crippen molar-refractivity contribution in [3.63, 3.8) is 0 Å². The van der Waals surface area contributed by atoms with Crippen molar-refractivity contribution in [1.29, 1.82) is 0 Å². The molecule has 3 heterocycles. The summed E-state index contributed by atoms with van der Waals surface area (Å²) in [7, 11) is 0. The number of carboxylic acid groups (broad SMARTS) is 1. The van der Waals surface area contributed by atoms with E-state index in [0.717, 1.165) is 16.9 Å². The average Bonchev–Trinajstić information content (AvgIpc) is 3.11. The van der Waals surface area contributed by atoms with Crippen LogP contribution in [0.4, 0.5) is 0 Å². The topological polar surface area (TPSA) is 99.2 Å². The number of piperidine rings is 1. The Labute approximate surface area is 172 Å². The highest BCUT2D eigenvalue weighted by atomic mass is 35.5. The number of H-pyrrole nitrogens is 1. The molecule has 29 heavy (non-hydrogen) atoms. The number of amides is 1. The number of nitrogens with one attached hydrogen (secondary N) is 1. The molecule has 0 unspecified atom stereocenters. The minimum absolute atomic E-state index is 0.00428. The minimum Gasteiger partial charge on any atom is -0.481 e. The maximum atomic E-state index is 12.9. The summed E-state index contributed by atoms with van der Waals surface area (Å²) in [6, 6.07) is 8.67. The van der Waals surface area contributed by atoms with Crippen LogP contribution in [0.3, 0.4) is 0 Å². The van der Waals surface area contributed by atoms with E-state index in [-0.39, 0.29) is 24.2 Å². The zero-order valence-electron chi connectivity index (χ0n) is 15.7. The van der Waals surface area contributed by atoms with Gasteiger partial charge in [0.1, 0.15) is 5.82 Å². The third-order valence-electron chi connectivity index (χ3n) is 5.49. The first-order chi connectivity index (χ1) is 14.0. The fourth-order valence-electron chi connectivity index (χ4n) is 4.02. The molecule has 0 radical (unpaired) electrons. The second-order valence-corrected chi connectivity index (χ2v) is 7.88. The number of aromatic nitrogens is 3. The van der Waals surface area contributed by atoms with Crippen molar-refractivity contribution in [3.8, 4) is 0 Å². The maximum absolute atomic E-state index is 12.9. The molecule has 1 aromatic carbocycles. The summed E-state index contributed by atoms with van der Waals surface area (Å²) in [6.07, 6.45) is 4.73. The lowest BCUT2D eigenvalue weighted by molar-refractivity contribution is -0.139. The van der Waals surface area contributed by atoms with Gasteiger partial charge in [-0.1, -0.05) is 11.6 Å². The Morgan fingerprint density at radius 3 is 2.72 bits per heavy atom. The second kappa shape index (κ2) is 8.21. The van der Waals surface area contributed by atoms with Crippen LogP contribution in [-0.4, -0.2) is 49.9 Å². The largest absolute Gasteiger partial charge is 0.481 e. The molecule has 2 aromatic heterocycles. The highest BCUT2D eigenvalue weighted by Gasteiger charge is 2.33. The van der Waals surface area contributed by atoms with Gasteiger partial charge in [0.2, 0.25) is 0 Å². The molecule has 0 bridgehead atoms. The number of aromatic amines is 1. The number of rotatable bonds is 5. The van der Waals surface area contributed by atoms with Gasteiger partial charge in [-0.25, -0.2) is 4.98 Å². The number of benzene rings is 1. The Morgan fingerprint density at radius 2 is 2.00 bits per heavy atom. The first-order valence-corrected chi connectivity index (χ1v) is 9.92. The number of nitrogens with zero attached hydrogens (tertiary/aromatic N) is 3. The van der Waals surface area contributed by atoms with Crippen molar-refractivity contribution in [2.24, 2.45) is 11.8 Å². The van der Waals surface area contributed by atoms with Crippen molar-refractivity contribution in [3.05, 3.63) is 59.1 Å². The summed E-state index contributed by atoms with van der Waals surface area (Å²) < 4.78 is 0. The molecule has 2 atom stereocenters. The molecule has 0 aliphatic carbocycles. The van der Waals surface area contributed by atoms with E-state index in [4.69, 9.17) is 11.6 Å². The smallest absolute Gasteiger partial charge is 0.303 e. The Hall–Kier alpha value is -2.93. The lowest BCUT2D eigenvalue weighted by atomic mass is 9.81. The van der Waals surface area contributed by atoms with E-state index in [1.807, 2.05) is 6.07 Å². The summed E-state index contributed by atoms with van der Waals surface area (Å²) >= 11 is 5.92. The second-order valence-electron chi connectivity index (χ2n) is 7.45. The molecular formula is C21H21ClN4O3. The number of imidazole rings is 1. The number of likely N-dealkylation sites (tertiary alicyclic amines) is 1. The van der Waals surface area contributed by atoms with Gasteiger partial charge in [-0.05, 0) is 48.6 Å². The SMILES string of the molecule is O=C(O)C[C@@H]1CCN(C(=O)c2ccc(Cl)cc2)C[C@@H]1Cc1nc2ccncc2[nH]1. The molecule has 150 valence electrons. The Morgan fingerprint density at radius 1 is 1.21 bits per heavy atom. The van der Waals surface area contributed by atoms with E-state index in [2.05, 4.69) is 15.0 Å². The van der Waals surface area contributed by atoms with Crippen molar-refractivity contribution in [2.75, 3.05) is 13.1 Å². The molecule has 8 heteroatoms. The summed E-state index contributed by atoms with van der Waals surface area (Å²) in [6.45, 7) is 1.04. The Kier molecular flexibility index (Phi) is 5.49. The lowest BCUT2D eigenvalue weighted by Gasteiger charge is -2.38. The van der Waals surface area contributed by atoms with Crippen LogP contribution in [0.25, 0.3) is 11.0 Å². The van der Waals surface area contributed by atoms with Gasteiger partial charge in [0.15, 0.2) is 0 Å². The van der Waals surface area contributed by atoms with Crippen molar-refractivity contribution >= 4 is 34.5 Å². The molecule has 1 amide bonds. The van der Waals surface area contributed by atoms with Crippen LogP contribution in [0.2, 0.25) is 5.02 Å². The quantitative estimate of drug-likeness (QED) is 0.669. The standard InChI is InChI=1S/C21H21ClN4O3/c22-16-3-1-13(2-4-16)21(29)26-8-6-14(10-20(27)28)15(12-26)9-19-24-17-5-7-23-11-18(17)25-19/h1-5,7,11,14-15H,6,8-10,12H2,(H,24,25)(H,27,28)/t14-,15-/m0/s1. The molecule has 1 aliphatic heterocycles. The number of aliphatic carboxylic acids is 1. The average molecular weight is 413 g/mol. The summed E-state index contributed by atoms with van der Waals surface area (Å²) in [5.41, 5.74) is 2.26. The predicted molar refractivity (Wildman–Crippen MR) is 109 cm³/mol. The first kappa shape index (κ1) is 19.4. The van der Waals surface area contributed by atoms with Crippen LogP contribution in [-0.2, 0) is 11.2 Å². The maximum Gasteiger partial charge on any atom is 0.303 e. The fourth-order valence-corrected chi connectivity index (χ4v) is 4.15. The van der Waals surface area contributed by atoms with Crippen molar-refractivity contribution < 1.29 is 14.7 Å². The monoisotopic (exact) mass is 412 g/mol. The zero-order chi connectivity index (χ0) is 20.4. The first-order valence-electron chi connectivity index (χ1n) is 9.55. The van der Waals surface area contributed by atoms with Gasteiger partial charge in [0, 0.05) is 42.7 Å². The summed E-state index contributed by atoms with van der Waals surface area (Å²) in [5, 5.41) is 9.90. The van der Waals surface area contributed by atoms with Gasteiger partial charge in [-0.15, -0.1) is 0 Å². The van der Waals surface area contributed by atoms with Crippen LogP contribution >= 0.6 is 11.6 Å². The number of hydrogen-bond acceptors (Lipinski definition) is 4. The van der Waals surface area contributed by atoms with Crippen LogP contribution < -0.4 is 0 Å². The van der Waals surface area contributed by atoms with Crippen molar-refractivity contribution in [2.45, 2.75) is 19.3 Å². The van der Waals surface area contributed by atoms with E-state index in [9.17, 15) is 14.7 Å². The third-order valence-corrected chi connectivity index (χ3v) is 5.75. The highest BCUT2D eigenvalue weighted by Crippen LogP contribution is 2.30. The minimum atomic E-state index is -0.814. The van der Waals surface area contributed by atoms with Crippen LogP contribution in [0.15, 0.2) is 42.7 Å². The summed E-state index contributed by atoms with van der Waals surface area (Å²) in [4.78, 5) is 38.0. The molecule has 0 saturated carbocycles. The van der Waals surface area contributed by atoms with Crippen LogP contribution in [0.5, 0.6) is 0 Å². The molecule has 4 rings (SSSR count). The van der Waals surface area contributed by atoms with E-state index in [1.54, 1.807) is 41.6 Å². The van der Waals surface area contributed by atoms with Gasteiger partial charge < -0.3 is 15.0 Å². The molecule has 2 N–H and O–H groups in total. The number of carbonyl (C=O) groups excluding carboxylic acids is 1. The van der Waals surface area contributed by atoms with Gasteiger partial charge >= 0.3 is 5.97 Å². The van der Waals surface area contributed by atoms with Gasteiger partial charge in [-0.3, -0.25) is 14.6 Å². The number of halogens is 1. The molecule has 1 fully saturated rings. The molecule has 1 saturated heterocycles. The zero-order valence-corrected chi connectivity index (χ0v) is 16.5. The molecule has 3 aromatic rings. The van der Waals surface area contributed by atoms with Gasteiger partial charge in [0.05, 0.1) is 17.2 Å². The van der Waals surface area contributed by atoms with E-state index < -0.39 is 5.97 Å². The van der Waals surface area contributed by atoms with E-state index in [1.165, 1.54) is 0 Å². The molecule has 7 nitrogen and oxygen atoms in total. The number of carbonyl (C=O) groups is 2. The lowest BCUT2D eigenvalue weighted by Crippen LogP contribution is -2.45. The normalized spacial score (nSPS) is 19.4. The van der Waals surface area contributed by atoms with Crippen LogP contribution in [0.1, 0.15) is 29.0 Å². The Balaban J connectivity index is 1.54. The number of carboxylic acids is 1. The van der Waals surface area contributed by atoms with Crippen LogP contribution in [0, 0.1) is 11.8 Å².